The Morgan fingerprint density at radius 3 is 2.95 bits per heavy atom. The van der Waals surface area contributed by atoms with Crippen LogP contribution < -0.4 is 5.32 Å². The van der Waals surface area contributed by atoms with E-state index >= 15 is 0 Å². The average molecular weight is 378 g/mol. The van der Waals surface area contributed by atoms with Gasteiger partial charge in [-0.05, 0) is 54.7 Å². The minimum Gasteiger partial charge on any atom is -0.444 e. The van der Waals surface area contributed by atoms with Crippen LogP contribution in [0.5, 0.6) is 0 Å². The van der Waals surface area contributed by atoms with Crippen molar-refractivity contribution in [1.82, 2.24) is 14.9 Å². The molecular formula is C13H18BrClN4O2. The van der Waals surface area contributed by atoms with Crippen molar-refractivity contribution in [2.24, 2.45) is 0 Å². The third-order valence-corrected chi connectivity index (χ3v) is 3.66. The van der Waals surface area contributed by atoms with Crippen LogP contribution in [0, 0.1) is 0 Å². The molecule has 0 aromatic carbocycles. The van der Waals surface area contributed by atoms with Gasteiger partial charge in [0.15, 0.2) is 0 Å². The molecule has 0 saturated carbocycles. The molecule has 1 fully saturated rings. The van der Waals surface area contributed by atoms with Crippen LogP contribution in [-0.4, -0.2) is 45.7 Å². The summed E-state index contributed by atoms with van der Waals surface area (Å²) >= 11 is 9.16. The van der Waals surface area contributed by atoms with Gasteiger partial charge in [0, 0.05) is 25.3 Å². The fraction of sp³-hybridized carbons (Fsp3) is 0.615. The Kier molecular flexibility index (Phi) is 4.93. The Labute approximate surface area is 137 Å². The highest BCUT2D eigenvalue weighted by Crippen LogP contribution is 2.23. The number of ether oxygens (including phenoxy) is 1. The van der Waals surface area contributed by atoms with Crippen molar-refractivity contribution in [3.05, 3.63) is 16.0 Å². The quantitative estimate of drug-likeness (QED) is 0.801. The molecule has 0 bridgehead atoms. The summed E-state index contributed by atoms with van der Waals surface area (Å²) in [5.41, 5.74) is -0.480. The van der Waals surface area contributed by atoms with Crippen molar-refractivity contribution < 1.29 is 9.53 Å². The van der Waals surface area contributed by atoms with Crippen LogP contribution in [0.15, 0.2) is 10.7 Å². The number of likely N-dealkylation sites (tertiary alicyclic amines) is 1. The molecule has 0 radical (unpaired) electrons. The fourth-order valence-corrected chi connectivity index (χ4v) is 2.45. The van der Waals surface area contributed by atoms with Gasteiger partial charge in [0.05, 0.1) is 4.47 Å². The molecule has 1 amide bonds. The van der Waals surface area contributed by atoms with Crippen molar-refractivity contribution in [1.29, 1.82) is 0 Å². The average Bonchev–Trinajstić information content (AvgIpc) is 2.80. The molecule has 2 heterocycles. The molecule has 116 valence electrons. The van der Waals surface area contributed by atoms with Gasteiger partial charge in [0.1, 0.15) is 11.4 Å². The minimum atomic E-state index is -0.480. The monoisotopic (exact) mass is 376 g/mol. The number of anilines is 1. The van der Waals surface area contributed by atoms with E-state index in [9.17, 15) is 4.79 Å². The lowest BCUT2D eigenvalue weighted by molar-refractivity contribution is 0.0293. The van der Waals surface area contributed by atoms with Crippen molar-refractivity contribution in [3.8, 4) is 0 Å². The van der Waals surface area contributed by atoms with Gasteiger partial charge in [-0.3, -0.25) is 0 Å². The van der Waals surface area contributed by atoms with E-state index in [1.807, 2.05) is 20.8 Å². The first-order valence-corrected chi connectivity index (χ1v) is 7.84. The number of amides is 1. The standard InChI is InChI=1S/C13H18BrClN4O2/c1-13(2,3)21-12(20)19-5-4-8(7-19)17-10-9(14)6-16-11(15)18-10/h6,8H,4-5,7H2,1-3H3,(H,16,17,18)/t8-/m0/s1. The van der Waals surface area contributed by atoms with Gasteiger partial charge in [-0.15, -0.1) is 0 Å². The van der Waals surface area contributed by atoms with Crippen molar-refractivity contribution >= 4 is 39.4 Å². The van der Waals surface area contributed by atoms with Crippen LogP contribution in [0.4, 0.5) is 10.6 Å². The molecule has 0 spiro atoms. The summed E-state index contributed by atoms with van der Waals surface area (Å²) in [7, 11) is 0. The second-order valence-electron chi connectivity index (χ2n) is 5.89. The number of carbonyl (C=O) groups excluding carboxylic acids is 1. The van der Waals surface area contributed by atoms with Gasteiger partial charge in [0.25, 0.3) is 0 Å². The molecule has 1 aromatic rings. The summed E-state index contributed by atoms with van der Waals surface area (Å²) in [6.07, 6.45) is 2.14. The molecule has 1 N–H and O–H groups in total. The summed E-state index contributed by atoms with van der Waals surface area (Å²) in [5, 5.41) is 3.45. The molecule has 0 aliphatic carbocycles. The second-order valence-corrected chi connectivity index (χ2v) is 7.08. The Balaban J connectivity index is 1.93. The SMILES string of the molecule is CC(C)(C)OC(=O)N1CC[C@H](Nc2nc(Cl)ncc2Br)C1. The zero-order valence-corrected chi connectivity index (χ0v) is 14.5. The highest BCUT2D eigenvalue weighted by molar-refractivity contribution is 9.10. The van der Waals surface area contributed by atoms with Gasteiger partial charge in [-0.1, -0.05) is 0 Å². The summed E-state index contributed by atoms with van der Waals surface area (Å²) in [6.45, 7) is 6.80. The fourth-order valence-electron chi connectivity index (χ4n) is 2.01. The molecule has 0 unspecified atom stereocenters. The van der Waals surface area contributed by atoms with E-state index in [2.05, 4.69) is 31.2 Å². The third kappa shape index (κ3) is 4.71. The Morgan fingerprint density at radius 1 is 1.57 bits per heavy atom. The molecule has 1 atom stereocenters. The van der Waals surface area contributed by atoms with Crippen LogP contribution in [0.1, 0.15) is 27.2 Å². The number of rotatable bonds is 2. The number of hydrogen-bond acceptors (Lipinski definition) is 5. The normalized spacial score (nSPS) is 18.7. The predicted molar refractivity (Wildman–Crippen MR) is 84.6 cm³/mol. The van der Waals surface area contributed by atoms with Crippen molar-refractivity contribution in [2.75, 3.05) is 18.4 Å². The highest BCUT2D eigenvalue weighted by Gasteiger charge is 2.30. The number of halogens is 2. The lowest BCUT2D eigenvalue weighted by Crippen LogP contribution is -2.36. The maximum absolute atomic E-state index is 12.0. The second kappa shape index (κ2) is 6.36. The summed E-state index contributed by atoms with van der Waals surface area (Å²) in [5.74, 6) is 0.631. The van der Waals surface area contributed by atoms with E-state index in [4.69, 9.17) is 16.3 Å². The smallest absolute Gasteiger partial charge is 0.410 e. The maximum Gasteiger partial charge on any atom is 0.410 e. The summed E-state index contributed by atoms with van der Waals surface area (Å²) in [6, 6.07) is 0.111. The highest BCUT2D eigenvalue weighted by atomic mass is 79.9. The van der Waals surface area contributed by atoms with Gasteiger partial charge in [-0.2, -0.15) is 4.98 Å². The maximum atomic E-state index is 12.0. The van der Waals surface area contributed by atoms with E-state index in [0.29, 0.717) is 18.9 Å². The zero-order valence-electron chi connectivity index (χ0n) is 12.2. The van der Waals surface area contributed by atoms with E-state index in [0.717, 1.165) is 10.9 Å². The number of nitrogens with zero attached hydrogens (tertiary/aromatic N) is 3. The topological polar surface area (TPSA) is 67.3 Å². The number of carbonyl (C=O) groups is 1. The molecule has 21 heavy (non-hydrogen) atoms. The van der Waals surface area contributed by atoms with Crippen LogP contribution >= 0.6 is 27.5 Å². The van der Waals surface area contributed by atoms with Gasteiger partial charge < -0.3 is 15.0 Å². The first kappa shape index (κ1) is 16.3. The molecule has 1 aromatic heterocycles. The molecule has 1 aliphatic heterocycles. The molecule has 1 saturated heterocycles. The van der Waals surface area contributed by atoms with Crippen LogP contribution in [-0.2, 0) is 4.74 Å². The minimum absolute atomic E-state index is 0.111. The van der Waals surface area contributed by atoms with Gasteiger partial charge in [0.2, 0.25) is 5.28 Å². The van der Waals surface area contributed by atoms with Gasteiger partial charge >= 0.3 is 6.09 Å². The first-order chi connectivity index (χ1) is 9.74. The Hall–Kier alpha value is -1.08. The molecular weight excluding hydrogens is 360 g/mol. The third-order valence-electron chi connectivity index (χ3n) is 2.90. The van der Waals surface area contributed by atoms with Crippen LogP contribution in [0.3, 0.4) is 0 Å². The number of nitrogens with one attached hydrogen (secondary N) is 1. The van der Waals surface area contributed by atoms with E-state index in [-0.39, 0.29) is 17.4 Å². The molecule has 6 nitrogen and oxygen atoms in total. The largest absolute Gasteiger partial charge is 0.444 e. The number of aromatic nitrogens is 2. The van der Waals surface area contributed by atoms with E-state index < -0.39 is 5.60 Å². The number of hydrogen-bond donors (Lipinski definition) is 1. The molecule has 1 aliphatic rings. The van der Waals surface area contributed by atoms with Crippen molar-refractivity contribution in [2.45, 2.75) is 38.8 Å². The van der Waals surface area contributed by atoms with Crippen molar-refractivity contribution in [3.63, 3.8) is 0 Å². The molecule has 2 rings (SSSR count). The van der Waals surface area contributed by atoms with Crippen LogP contribution in [0.25, 0.3) is 0 Å². The van der Waals surface area contributed by atoms with Crippen LogP contribution in [0.2, 0.25) is 5.28 Å². The Bertz CT molecular complexity index is 535. The lowest BCUT2D eigenvalue weighted by atomic mass is 10.2. The van der Waals surface area contributed by atoms with Gasteiger partial charge in [-0.25, -0.2) is 9.78 Å². The summed E-state index contributed by atoms with van der Waals surface area (Å²) in [4.78, 5) is 21.7. The van der Waals surface area contributed by atoms with E-state index in [1.54, 1.807) is 11.1 Å². The first-order valence-electron chi connectivity index (χ1n) is 6.67. The predicted octanol–water partition coefficient (Wildman–Crippen LogP) is 3.31. The molecule has 8 heteroatoms. The van der Waals surface area contributed by atoms with E-state index in [1.165, 1.54) is 0 Å². The zero-order chi connectivity index (χ0) is 15.6. The lowest BCUT2D eigenvalue weighted by Gasteiger charge is -2.24. The summed E-state index contributed by atoms with van der Waals surface area (Å²) < 4.78 is 6.10. The Morgan fingerprint density at radius 2 is 2.29 bits per heavy atom.